The summed E-state index contributed by atoms with van der Waals surface area (Å²) in [6.45, 7) is 6.99. The van der Waals surface area contributed by atoms with Gasteiger partial charge >= 0.3 is 0 Å². The highest BCUT2D eigenvalue weighted by atomic mass is 16.5. The lowest BCUT2D eigenvalue weighted by Crippen LogP contribution is -1.82. The maximum Gasteiger partial charge on any atom is 0.254 e. The molecule has 0 aromatic carbocycles. The molecule has 0 radical (unpaired) electrons. The summed E-state index contributed by atoms with van der Waals surface area (Å²) >= 11 is 0. The fraction of sp³-hybridized carbons (Fsp3) is 0.250. The maximum absolute atomic E-state index is 4.90. The van der Waals surface area contributed by atoms with Crippen LogP contribution in [0.1, 0.15) is 5.76 Å². The van der Waals surface area contributed by atoms with Crippen molar-refractivity contribution in [1.82, 2.24) is 5.16 Å². The number of rotatable bonds is 4. The van der Waals surface area contributed by atoms with Crippen molar-refractivity contribution in [2.75, 3.05) is 7.11 Å². The fourth-order valence-corrected chi connectivity index (χ4v) is 0.731. The van der Waals surface area contributed by atoms with Crippen LogP contribution in [0.25, 0.3) is 0 Å². The molecule has 0 N–H and O–H groups in total. The fourth-order valence-electron chi connectivity index (χ4n) is 0.731. The van der Waals surface area contributed by atoms with E-state index in [0.29, 0.717) is 23.8 Å². The van der Waals surface area contributed by atoms with Gasteiger partial charge in [-0.1, -0.05) is 6.58 Å². The van der Waals surface area contributed by atoms with Crippen LogP contribution in [-0.2, 0) is 6.42 Å². The highest BCUT2D eigenvalue weighted by molar-refractivity contribution is 5.29. The Morgan fingerprint density at radius 3 is 3.08 bits per heavy atom. The highest BCUT2D eigenvalue weighted by Crippen LogP contribution is 2.13. The van der Waals surface area contributed by atoms with Crippen molar-refractivity contribution in [2.24, 2.45) is 4.99 Å². The average Bonchev–Trinajstić information content (AvgIpc) is 2.52. The Morgan fingerprint density at radius 1 is 1.83 bits per heavy atom. The van der Waals surface area contributed by atoms with Crippen molar-refractivity contribution in [1.29, 1.82) is 0 Å². The first kappa shape index (κ1) is 8.52. The number of allylic oxidation sites excluding steroid dienone is 1. The summed E-state index contributed by atoms with van der Waals surface area (Å²) in [5, 5.41) is 3.62. The van der Waals surface area contributed by atoms with Gasteiger partial charge in [0.05, 0.1) is 13.5 Å². The van der Waals surface area contributed by atoms with E-state index >= 15 is 0 Å². The summed E-state index contributed by atoms with van der Waals surface area (Å²) in [7, 11) is 1.53. The molecule has 4 heteroatoms. The second-order valence-electron chi connectivity index (χ2n) is 2.24. The average molecular weight is 166 g/mol. The van der Waals surface area contributed by atoms with Crippen molar-refractivity contribution >= 4 is 6.72 Å². The molecule has 0 bridgehead atoms. The van der Waals surface area contributed by atoms with E-state index in [2.05, 4.69) is 23.4 Å². The highest BCUT2D eigenvalue weighted by Gasteiger charge is 2.03. The molecular formula is C8H10N2O2. The zero-order valence-corrected chi connectivity index (χ0v) is 6.91. The van der Waals surface area contributed by atoms with Gasteiger partial charge in [0.25, 0.3) is 5.88 Å². The molecule has 1 aromatic rings. The van der Waals surface area contributed by atoms with Gasteiger partial charge in [-0.3, -0.25) is 4.99 Å². The van der Waals surface area contributed by atoms with E-state index in [1.807, 2.05) is 0 Å². The summed E-state index contributed by atoms with van der Waals surface area (Å²) in [6, 6.07) is 1.69. The van der Waals surface area contributed by atoms with Crippen LogP contribution >= 0.6 is 0 Å². The molecule has 12 heavy (non-hydrogen) atoms. The third-order valence-corrected chi connectivity index (χ3v) is 1.35. The van der Waals surface area contributed by atoms with Crippen LogP contribution in [0.4, 0.5) is 0 Å². The minimum absolute atomic E-state index is 0.460. The quantitative estimate of drug-likeness (QED) is 0.636. The largest absolute Gasteiger partial charge is 0.479 e. The first-order valence-corrected chi connectivity index (χ1v) is 3.40. The maximum atomic E-state index is 4.90. The van der Waals surface area contributed by atoms with E-state index in [1.54, 1.807) is 6.07 Å². The predicted octanol–water partition coefficient (Wildman–Crippen LogP) is 1.44. The van der Waals surface area contributed by atoms with Crippen LogP contribution in [0, 0.1) is 0 Å². The molecule has 0 amide bonds. The van der Waals surface area contributed by atoms with Gasteiger partial charge in [-0.15, -0.1) is 0 Å². The lowest BCUT2D eigenvalue weighted by Gasteiger charge is -1.90. The van der Waals surface area contributed by atoms with E-state index in [1.165, 1.54) is 7.11 Å². The Kier molecular flexibility index (Phi) is 2.63. The van der Waals surface area contributed by atoms with Crippen molar-refractivity contribution in [3.63, 3.8) is 0 Å². The van der Waals surface area contributed by atoms with Gasteiger partial charge in [-0.05, 0) is 11.9 Å². The summed E-state index contributed by atoms with van der Waals surface area (Å²) in [4.78, 5) is 3.65. The Labute approximate surface area is 70.5 Å². The molecule has 64 valence electrons. The lowest BCUT2D eigenvalue weighted by atomic mass is 10.3. The topological polar surface area (TPSA) is 47.6 Å². The van der Waals surface area contributed by atoms with Gasteiger partial charge in [-0.25, -0.2) is 0 Å². The third-order valence-electron chi connectivity index (χ3n) is 1.35. The van der Waals surface area contributed by atoms with Gasteiger partial charge in [0, 0.05) is 11.8 Å². The van der Waals surface area contributed by atoms with Gasteiger partial charge in [0.1, 0.15) is 5.76 Å². The van der Waals surface area contributed by atoms with Crippen molar-refractivity contribution in [3.8, 4) is 5.88 Å². The number of aliphatic imine (C=N–C) groups is 1. The van der Waals surface area contributed by atoms with E-state index in [0.717, 1.165) is 0 Å². The van der Waals surface area contributed by atoms with E-state index in [9.17, 15) is 0 Å². The Hall–Kier alpha value is -1.58. The van der Waals surface area contributed by atoms with Crippen molar-refractivity contribution in [3.05, 3.63) is 24.1 Å². The van der Waals surface area contributed by atoms with Crippen LogP contribution in [0.2, 0.25) is 0 Å². The smallest absolute Gasteiger partial charge is 0.254 e. The second-order valence-corrected chi connectivity index (χ2v) is 2.24. The van der Waals surface area contributed by atoms with Gasteiger partial charge in [0.15, 0.2) is 0 Å². The third kappa shape index (κ3) is 1.95. The van der Waals surface area contributed by atoms with Crippen LogP contribution in [0.3, 0.4) is 0 Å². The normalized spacial score (nSPS) is 9.42. The molecular weight excluding hydrogens is 156 g/mol. The molecule has 0 aliphatic heterocycles. The predicted molar refractivity (Wildman–Crippen MR) is 45.4 cm³/mol. The second kappa shape index (κ2) is 3.71. The van der Waals surface area contributed by atoms with Crippen LogP contribution in [0.15, 0.2) is 27.9 Å². The van der Waals surface area contributed by atoms with Crippen LogP contribution in [-0.4, -0.2) is 19.0 Å². The van der Waals surface area contributed by atoms with E-state index in [-0.39, 0.29) is 0 Å². The first-order chi connectivity index (χ1) is 5.76. The molecule has 4 nitrogen and oxygen atoms in total. The molecule has 0 unspecified atom stereocenters. The number of aromatic nitrogens is 1. The van der Waals surface area contributed by atoms with Crippen LogP contribution < -0.4 is 4.74 Å². The summed E-state index contributed by atoms with van der Waals surface area (Å²) in [6.07, 6.45) is 0.514. The number of hydrogen-bond donors (Lipinski definition) is 0. The lowest BCUT2D eigenvalue weighted by molar-refractivity contribution is 0.328. The first-order valence-electron chi connectivity index (χ1n) is 3.40. The van der Waals surface area contributed by atoms with Crippen molar-refractivity contribution < 1.29 is 9.26 Å². The molecule has 0 aliphatic carbocycles. The molecule has 0 atom stereocenters. The Bertz CT molecular complexity index is 291. The summed E-state index contributed by atoms with van der Waals surface area (Å²) in [5.41, 5.74) is 0.647. The van der Waals surface area contributed by atoms with Gasteiger partial charge in [-0.2, -0.15) is 0 Å². The number of nitrogens with zero attached hydrogens (tertiary/aromatic N) is 2. The molecule has 1 heterocycles. The van der Waals surface area contributed by atoms with Gasteiger partial charge < -0.3 is 9.26 Å². The molecule has 1 aromatic heterocycles. The SMILES string of the molecule is C=NC(=C)Cc1cc(OC)no1. The minimum Gasteiger partial charge on any atom is -0.479 e. The number of hydrogen-bond acceptors (Lipinski definition) is 4. The molecule has 0 saturated heterocycles. The Balaban J connectivity index is 2.63. The molecule has 0 aliphatic rings. The number of methoxy groups -OCH3 is 1. The standard InChI is InChI=1S/C8H10N2O2/c1-6(9-2)4-7-5-8(11-3)10-12-7/h5H,1-2,4H2,3H3. The molecule has 1 rings (SSSR count). The summed E-state index contributed by atoms with van der Waals surface area (Å²) in [5.74, 6) is 1.13. The summed E-state index contributed by atoms with van der Waals surface area (Å²) < 4.78 is 9.73. The van der Waals surface area contributed by atoms with Crippen LogP contribution in [0.5, 0.6) is 5.88 Å². The monoisotopic (exact) mass is 166 g/mol. The molecule has 0 fully saturated rings. The van der Waals surface area contributed by atoms with Gasteiger partial charge in [0.2, 0.25) is 0 Å². The molecule has 0 saturated carbocycles. The van der Waals surface area contributed by atoms with E-state index < -0.39 is 0 Å². The zero-order chi connectivity index (χ0) is 8.97. The zero-order valence-electron chi connectivity index (χ0n) is 6.91. The van der Waals surface area contributed by atoms with E-state index in [4.69, 9.17) is 9.26 Å². The van der Waals surface area contributed by atoms with Crippen molar-refractivity contribution in [2.45, 2.75) is 6.42 Å². The minimum atomic E-state index is 0.460. The Morgan fingerprint density at radius 2 is 2.58 bits per heavy atom. The number of ether oxygens (including phenoxy) is 1. The molecule has 0 spiro atoms.